The molecular weight excluding hydrogens is 425 g/mol. The van der Waals surface area contributed by atoms with Crippen molar-refractivity contribution in [2.24, 2.45) is 4.99 Å². The van der Waals surface area contributed by atoms with Crippen molar-refractivity contribution in [3.05, 3.63) is 24.2 Å². The van der Waals surface area contributed by atoms with Gasteiger partial charge in [0.05, 0.1) is 26.1 Å². The van der Waals surface area contributed by atoms with E-state index in [1.54, 1.807) is 13.4 Å². The summed E-state index contributed by atoms with van der Waals surface area (Å²) < 4.78 is 21.6. The zero-order chi connectivity index (χ0) is 16.4. The Kier molecular flexibility index (Phi) is 10.3. The summed E-state index contributed by atoms with van der Waals surface area (Å²) in [6.07, 6.45) is 3.22. The minimum atomic E-state index is -0.505. The molecule has 0 bridgehead atoms. The molecule has 2 N–H and O–H groups in total. The van der Waals surface area contributed by atoms with Gasteiger partial charge in [-0.15, -0.1) is 24.0 Å². The second-order valence-electron chi connectivity index (χ2n) is 5.49. The smallest absolute Gasteiger partial charge is 0.191 e. The summed E-state index contributed by atoms with van der Waals surface area (Å²) in [5.74, 6) is 1.21. The van der Waals surface area contributed by atoms with Crippen molar-refractivity contribution >= 4 is 29.9 Å². The van der Waals surface area contributed by atoms with Crippen LogP contribution in [0, 0.1) is 0 Å². The molecule has 7 nitrogen and oxygen atoms in total. The minimum absolute atomic E-state index is 0. The van der Waals surface area contributed by atoms with E-state index in [4.69, 9.17) is 18.6 Å². The van der Waals surface area contributed by atoms with Gasteiger partial charge in [-0.05, 0) is 19.1 Å². The molecule has 1 aromatic rings. The average Bonchev–Trinajstić information content (AvgIpc) is 3.19. The maximum atomic E-state index is 5.59. The van der Waals surface area contributed by atoms with E-state index in [1.807, 2.05) is 19.1 Å². The Morgan fingerprint density at radius 3 is 2.71 bits per heavy atom. The highest BCUT2D eigenvalue weighted by Crippen LogP contribution is 2.22. The standard InChI is InChI=1S/C16H27N3O4.HI/c1-16(22-12-13-23-16)6-8-18-15(19-9-11-20-2)17-7-5-14-4-3-10-21-14;/h3-4,10H,5-9,11-13H2,1-2H3,(H2,17,18,19);1H. The second-order valence-corrected chi connectivity index (χ2v) is 5.49. The zero-order valence-electron chi connectivity index (χ0n) is 14.4. The van der Waals surface area contributed by atoms with Crippen LogP contribution in [-0.4, -0.2) is 58.3 Å². The number of hydrogen-bond donors (Lipinski definition) is 2. The number of hydrogen-bond acceptors (Lipinski definition) is 5. The lowest BCUT2D eigenvalue weighted by molar-refractivity contribution is -0.144. The van der Waals surface area contributed by atoms with Crippen LogP contribution in [0.15, 0.2) is 27.8 Å². The van der Waals surface area contributed by atoms with Crippen molar-refractivity contribution in [3.8, 4) is 0 Å². The third-order valence-electron chi connectivity index (χ3n) is 3.58. The molecule has 0 unspecified atom stereocenters. The fraction of sp³-hybridized carbons (Fsp3) is 0.688. The van der Waals surface area contributed by atoms with Gasteiger partial charge in [0.25, 0.3) is 0 Å². The number of ether oxygens (including phenoxy) is 3. The average molecular weight is 453 g/mol. The first kappa shape index (κ1) is 21.2. The number of aliphatic imine (C=N–C) groups is 1. The van der Waals surface area contributed by atoms with Gasteiger partial charge in [0.2, 0.25) is 0 Å². The van der Waals surface area contributed by atoms with Gasteiger partial charge in [-0.3, -0.25) is 4.99 Å². The number of nitrogens with one attached hydrogen (secondary N) is 2. The maximum absolute atomic E-state index is 5.59. The summed E-state index contributed by atoms with van der Waals surface area (Å²) in [6.45, 7) is 5.96. The van der Waals surface area contributed by atoms with Crippen LogP contribution < -0.4 is 10.6 Å². The molecule has 1 saturated heterocycles. The highest BCUT2D eigenvalue weighted by atomic mass is 127. The highest BCUT2D eigenvalue weighted by Gasteiger charge is 2.30. The predicted octanol–water partition coefficient (Wildman–Crippen LogP) is 1.77. The highest BCUT2D eigenvalue weighted by molar-refractivity contribution is 14.0. The third-order valence-corrected chi connectivity index (χ3v) is 3.58. The third kappa shape index (κ3) is 7.82. The van der Waals surface area contributed by atoms with Gasteiger partial charge in [-0.2, -0.15) is 0 Å². The van der Waals surface area contributed by atoms with Crippen LogP contribution in [0.25, 0.3) is 0 Å². The van der Waals surface area contributed by atoms with Crippen LogP contribution in [-0.2, 0) is 20.6 Å². The fourth-order valence-electron chi connectivity index (χ4n) is 2.28. The van der Waals surface area contributed by atoms with Gasteiger partial charge in [0.1, 0.15) is 5.76 Å². The predicted molar refractivity (Wildman–Crippen MR) is 103 cm³/mol. The number of furan rings is 1. The molecule has 8 heteroatoms. The lowest BCUT2D eigenvalue weighted by Gasteiger charge is -2.21. The van der Waals surface area contributed by atoms with E-state index in [1.165, 1.54) is 0 Å². The van der Waals surface area contributed by atoms with Crippen molar-refractivity contribution in [1.82, 2.24) is 10.6 Å². The summed E-state index contributed by atoms with van der Waals surface area (Å²) in [6, 6.07) is 3.86. The van der Waals surface area contributed by atoms with E-state index in [-0.39, 0.29) is 24.0 Å². The minimum Gasteiger partial charge on any atom is -0.469 e. The van der Waals surface area contributed by atoms with E-state index >= 15 is 0 Å². The van der Waals surface area contributed by atoms with Crippen molar-refractivity contribution in [1.29, 1.82) is 0 Å². The van der Waals surface area contributed by atoms with Crippen LogP contribution >= 0.6 is 24.0 Å². The molecule has 2 rings (SSSR count). The topological polar surface area (TPSA) is 77.2 Å². The van der Waals surface area contributed by atoms with Gasteiger partial charge in [0, 0.05) is 39.6 Å². The molecule has 2 heterocycles. The Bertz CT molecular complexity index is 462. The molecule has 0 aromatic carbocycles. The van der Waals surface area contributed by atoms with Crippen molar-refractivity contribution in [2.45, 2.75) is 25.6 Å². The van der Waals surface area contributed by atoms with Crippen molar-refractivity contribution in [3.63, 3.8) is 0 Å². The molecular formula is C16H28IN3O4. The molecule has 0 saturated carbocycles. The van der Waals surface area contributed by atoms with E-state index in [2.05, 4.69) is 15.6 Å². The molecule has 138 valence electrons. The van der Waals surface area contributed by atoms with Gasteiger partial charge < -0.3 is 29.3 Å². The Morgan fingerprint density at radius 2 is 2.04 bits per heavy atom. The molecule has 0 atom stereocenters. The van der Waals surface area contributed by atoms with E-state index in [0.29, 0.717) is 32.9 Å². The summed E-state index contributed by atoms with van der Waals surface area (Å²) in [7, 11) is 1.68. The monoisotopic (exact) mass is 453 g/mol. The van der Waals surface area contributed by atoms with Gasteiger partial charge >= 0.3 is 0 Å². The van der Waals surface area contributed by atoms with E-state index in [9.17, 15) is 0 Å². The summed E-state index contributed by atoms with van der Waals surface area (Å²) in [4.78, 5) is 4.57. The normalized spacial score (nSPS) is 16.7. The van der Waals surface area contributed by atoms with Crippen molar-refractivity contribution < 1.29 is 18.6 Å². The number of rotatable bonds is 9. The first-order valence-electron chi connectivity index (χ1n) is 8.03. The molecule has 0 amide bonds. The van der Waals surface area contributed by atoms with E-state index < -0.39 is 5.79 Å². The van der Waals surface area contributed by atoms with Crippen LogP contribution in [0.3, 0.4) is 0 Å². The van der Waals surface area contributed by atoms with Crippen molar-refractivity contribution in [2.75, 3.05) is 46.6 Å². The molecule has 0 aliphatic carbocycles. The molecule has 24 heavy (non-hydrogen) atoms. The number of nitrogens with zero attached hydrogens (tertiary/aromatic N) is 1. The largest absolute Gasteiger partial charge is 0.469 e. The summed E-state index contributed by atoms with van der Waals surface area (Å²) in [5.41, 5.74) is 0. The van der Waals surface area contributed by atoms with Crippen LogP contribution in [0.1, 0.15) is 19.1 Å². The van der Waals surface area contributed by atoms with E-state index in [0.717, 1.165) is 31.1 Å². The Morgan fingerprint density at radius 1 is 1.29 bits per heavy atom. The SMILES string of the molecule is COCCNC(=NCCC1(C)OCCO1)NCCc1ccco1.I. The molecule has 0 spiro atoms. The zero-order valence-corrected chi connectivity index (χ0v) is 16.7. The Hall–Kier alpha value is -0.840. The quantitative estimate of drug-likeness (QED) is 0.257. The number of methoxy groups -OCH3 is 1. The van der Waals surface area contributed by atoms with Crippen LogP contribution in [0.2, 0.25) is 0 Å². The first-order valence-corrected chi connectivity index (χ1v) is 8.03. The summed E-state index contributed by atoms with van der Waals surface area (Å²) in [5, 5.41) is 6.54. The second kappa shape index (κ2) is 11.7. The Labute approximate surface area is 160 Å². The summed E-state index contributed by atoms with van der Waals surface area (Å²) >= 11 is 0. The fourth-order valence-corrected chi connectivity index (χ4v) is 2.28. The lowest BCUT2D eigenvalue weighted by Crippen LogP contribution is -2.40. The first-order chi connectivity index (χ1) is 11.2. The molecule has 1 aliphatic rings. The number of guanidine groups is 1. The molecule has 1 aliphatic heterocycles. The lowest BCUT2D eigenvalue weighted by atomic mass is 10.2. The van der Waals surface area contributed by atoms with Crippen LogP contribution in [0.4, 0.5) is 0 Å². The molecule has 0 radical (unpaired) electrons. The molecule has 1 aromatic heterocycles. The van der Waals surface area contributed by atoms with Crippen LogP contribution in [0.5, 0.6) is 0 Å². The van der Waals surface area contributed by atoms with Gasteiger partial charge in [0.15, 0.2) is 11.7 Å². The Balaban J connectivity index is 0.00000288. The maximum Gasteiger partial charge on any atom is 0.191 e. The molecule has 1 fully saturated rings. The van der Waals surface area contributed by atoms with Gasteiger partial charge in [-0.1, -0.05) is 0 Å². The number of halogens is 1. The van der Waals surface area contributed by atoms with Gasteiger partial charge in [-0.25, -0.2) is 0 Å².